The summed E-state index contributed by atoms with van der Waals surface area (Å²) in [7, 11) is 2.21. The molecule has 0 aliphatic carbocycles. The van der Waals surface area contributed by atoms with E-state index in [1.54, 1.807) is 24.3 Å². The molecule has 130 valence electrons. The van der Waals surface area contributed by atoms with E-state index in [1.165, 1.54) is 5.56 Å². The highest BCUT2D eigenvalue weighted by Crippen LogP contribution is 2.40. The molecule has 0 aromatic heterocycles. The molecule has 2 aliphatic heterocycles. The molecule has 4 rings (SSSR count). The van der Waals surface area contributed by atoms with E-state index in [4.69, 9.17) is 0 Å². The molecule has 0 bridgehead atoms. The lowest BCUT2D eigenvalue weighted by atomic mass is 9.81. The summed E-state index contributed by atoms with van der Waals surface area (Å²) < 4.78 is 0. The monoisotopic (exact) mass is 336 g/mol. The van der Waals surface area contributed by atoms with Crippen molar-refractivity contribution >= 4 is 5.91 Å². The lowest BCUT2D eigenvalue weighted by Gasteiger charge is -2.38. The van der Waals surface area contributed by atoms with Crippen molar-refractivity contribution in [1.82, 2.24) is 9.80 Å². The minimum absolute atomic E-state index is 0.0693. The Morgan fingerprint density at radius 2 is 1.76 bits per heavy atom. The van der Waals surface area contributed by atoms with Gasteiger partial charge < -0.3 is 14.9 Å². The summed E-state index contributed by atoms with van der Waals surface area (Å²) in [6, 6.07) is 17.8. The first-order valence-corrected chi connectivity index (χ1v) is 8.97. The van der Waals surface area contributed by atoms with Crippen molar-refractivity contribution < 1.29 is 9.90 Å². The van der Waals surface area contributed by atoms with E-state index in [0.717, 1.165) is 26.1 Å². The maximum Gasteiger partial charge on any atom is 0.253 e. The summed E-state index contributed by atoms with van der Waals surface area (Å²) in [6.45, 7) is 2.65. The highest BCUT2D eigenvalue weighted by Gasteiger charge is 2.44. The van der Waals surface area contributed by atoms with Crippen LogP contribution in [-0.4, -0.2) is 53.5 Å². The van der Waals surface area contributed by atoms with Crippen molar-refractivity contribution in [3.05, 3.63) is 65.7 Å². The second-order valence-electron chi connectivity index (χ2n) is 7.27. The van der Waals surface area contributed by atoms with Gasteiger partial charge in [0.2, 0.25) is 0 Å². The molecule has 0 unspecified atom stereocenters. The third kappa shape index (κ3) is 3.02. The van der Waals surface area contributed by atoms with E-state index in [-0.39, 0.29) is 11.7 Å². The van der Waals surface area contributed by atoms with Crippen LogP contribution in [0.4, 0.5) is 0 Å². The molecule has 4 heteroatoms. The lowest BCUT2D eigenvalue weighted by Crippen LogP contribution is -2.48. The third-order valence-corrected chi connectivity index (χ3v) is 5.82. The van der Waals surface area contributed by atoms with E-state index < -0.39 is 0 Å². The summed E-state index contributed by atoms with van der Waals surface area (Å²) in [6.07, 6.45) is 1.02. The number of likely N-dealkylation sites (tertiary alicyclic amines) is 2. The van der Waals surface area contributed by atoms with Gasteiger partial charge in [0, 0.05) is 43.1 Å². The van der Waals surface area contributed by atoms with Crippen LogP contribution in [0.2, 0.25) is 0 Å². The van der Waals surface area contributed by atoms with E-state index in [1.807, 2.05) is 4.90 Å². The number of likely N-dealkylation sites (N-methyl/N-ethyl adjacent to an activating group) is 1. The van der Waals surface area contributed by atoms with Crippen LogP contribution in [-0.2, 0) is 0 Å². The van der Waals surface area contributed by atoms with Gasteiger partial charge in [-0.15, -0.1) is 0 Å². The second-order valence-corrected chi connectivity index (χ2v) is 7.27. The number of carbonyl (C=O) groups excluding carboxylic acids is 1. The van der Waals surface area contributed by atoms with Crippen LogP contribution in [0.15, 0.2) is 54.6 Å². The number of phenolic OH excluding ortho intramolecular Hbond substituents is 1. The molecule has 0 saturated carbocycles. The summed E-state index contributed by atoms with van der Waals surface area (Å²) in [5, 5.41) is 9.43. The summed E-state index contributed by atoms with van der Waals surface area (Å²) in [5.74, 6) is 1.21. The Kier molecular flexibility index (Phi) is 4.22. The highest BCUT2D eigenvalue weighted by molar-refractivity contribution is 5.94. The third-order valence-electron chi connectivity index (χ3n) is 5.82. The SMILES string of the molecule is CN1C[C@H](c2ccccc2)[C@H]2CN(C(=O)c3ccc(O)cc3)CC[C@H]21. The minimum Gasteiger partial charge on any atom is -0.508 e. The molecule has 2 heterocycles. The highest BCUT2D eigenvalue weighted by atomic mass is 16.3. The second kappa shape index (κ2) is 6.52. The van der Waals surface area contributed by atoms with Crippen LogP contribution in [0, 0.1) is 5.92 Å². The first-order valence-electron chi connectivity index (χ1n) is 8.97. The van der Waals surface area contributed by atoms with Gasteiger partial charge in [0.25, 0.3) is 5.91 Å². The zero-order valence-electron chi connectivity index (χ0n) is 14.5. The first-order chi connectivity index (χ1) is 12.1. The van der Waals surface area contributed by atoms with Crippen molar-refractivity contribution in [3.63, 3.8) is 0 Å². The van der Waals surface area contributed by atoms with Crippen molar-refractivity contribution in [2.75, 3.05) is 26.7 Å². The molecule has 1 N–H and O–H groups in total. The molecule has 3 atom stereocenters. The summed E-state index contributed by atoms with van der Waals surface area (Å²) in [4.78, 5) is 17.3. The quantitative estimate of drug-likeness (QED) is 0.917. The predicted octanol–water partition coefficient (Wildman–Crippen LogP) is 2.95. The average Bonchev–Trinajstić information content (AvgIpc) is 2.99. The van der Waals surface area contributed by atoms with Gasteiger partial charge in [0.05, 0.1) is 0 Å². The number of aromatic hydroxyl groups is 1. The number of nitrogens with zero attached hydrogens (tertiary/aromatic N) is 2. The smallest absolute Gasteiger partial charge is 0.253 e. The Hall–Kier alpha value is -2.33. The predicted molar refractivity (Wildman–Crippen MR) is 97.7 cm³/mol. The van der Waals surface area contributed by atoms with Gasteiger partial charge in [-0.2, -0.15) is 0 Å². The molecule has 2 aromatic rings. The van der Waals surface area contributed by atoms with Gasteiger partial charge in [0.1, 0.15) is 5.75 Å². The van der Waals surface area contributed by atoms with Gasteiger partial charge in [-0.25, -0.2) is 0 Å². The first kappa shape index (κ1) is 16.2. The van der Waals surface area contributed by atoms with Crippen molar-refractivity contribution in [3.8, 4) is 5.75 Å². The molecule has 2 aromatic carbocycles. The molecule has 2 saturated heterocycles. The number of piperidine rings is 1. The molecule has 1 amide bonds. The maximum atomic E-state index is 12.9. The Balaban J connectivity index is 1.55. The molecule has 4 nitrogen and oxygen atoms in total. The van der Waals surface area contributed by atoms with Crippen LogP contribution in [0.5, 0.6) is 5.75 Å². The Morgan fingerprint density at radius 1 is 1.04 bits per heavy atom. The zero-order chi connectivity index (χ0) is 17.4. The Labute approximate surface area is 148 Å². The number of amides is 1. The number of carbonyl (C=O) groups is 1. The number of hydrogen-bond donors (Lipinski definition) is 1. The Morgan fingerprint density at radius 3 is 2.48 bits per heavy atom. The number of fused-ring (bicyclic) bond motifs is 1. The number of hydrogen-bond acceptors (Lipinski definition) is 3. The fraction of sp³-hybridized carbons (Fsp3) is 0.381. The van der Waals surface area contributed by atoms with Gasteiger partial charge >= 0.3 is 0 Å². The standard InChI is InChI=1S/C21H24N2O2/c1-22-13-18(15-5-3-2-4-6-15)19-14-23(12-11-20(19)22)21(25)16-7-9-17(24)10-8-16/h2-10,18-20,24H,11-14H2,1H3/t18-,19-,20-/m1/s1. The van der Waals surface area contributed by atoms with Crippen LogP contribution >= 0.6 is 0 Å². The van der Waals surface area contributed by atoms with Crippen molar-refractivity contribution in [2.45, 2.75) is 18.4 Å². The molecular formula is C21H24N2O2. The van der Waals surface area contributed by atoms with Crippen LogP contribution in [0.3, 0.4) is 0 Å². The summed E-state index contributed by atoms with van der Waals surface area (Å²) in [5.41, 5.74) is 2.03. The zero-order valence-corrected chi connectivity index (χ0v) is 14.5. The summed E-state index contributed by atoms with van der Waals surface area (Å²) >= 11 is 0. The molecule has 0 radical (unpaired) electrons. The van der Waals surface area contributed by atoms with Gasteiger partial charge in [-0.3, -0.25) is 4.79 Å². The lowest BCUT2D eigenvalue weighted by molar-refractivity contribution is 0.0607. The topological polar surface area (TPSA) is 43.8 Å². The largest absolute Gasteiger partial charge is 0.508 e. The maximum absolute atomic E-state index is 12.9. The van der Waals surface area contributed by atoms with Gasteiger partial charge in [-0.05, 0) is 43.3 Å². The van der Waals surface area contributed by atoms with Crippen LogP contribution in [0.1, 0.15) is 28.3 Å². The van der Waals surface area contributed by atoms with Gasteiger partial charge in [-0.1, -0.05) is 30.3 Å². The van der Waals surface area contributed by atoms with Crippen LogP contribution in [0.25, 0.3) is 0 Å². The van der Waals surface area contributed by atoms with E-state index in [2.05, 4.69) is 42.3 Å². The molecule has 2 fully saturated rings. The molecule has 2 aliphatic rings. The average molecular weight is 336 g/mol. The molecule has 25 heavy (non-hydrogen) atoms. The number of rotatable bonds is 2. The molecular weight excluding hydrogens is 312 g/mol. The van der Waals surface area contributed by atoms with Crippen molar-refractivity contribution in [2.24, 2.45) is 5.92 Å². The fourth-order valence-corrected chi connectivity index (χ4v) is 4.52. The number of phenols is 1. The Bertz CT molecular complexity index is 744. The van der Waals surface area contributed by atoms with E-state index in [9.17, 15) is 9.90 Å². The van der Waals surface area contributed by atoms with E-state index >= 15 is 0 Å². The van der Waals surface area contributed by atoms with Crippen LogP contribution < -0.4 is 0 Å². The van der Waals surface area contributed by atoms with Gasteiger partial charge in [0.15, 0.2) is 0 Å². The van der Waals surface area contributed by atoms with Crippen molar-refractivity contribution in [1.29, 1.82) is 0 Å². The number of benzene rings is 2. The minimum atomic E-state index is 0.0693. The molecule has 0 spiro atoms. The fourth-order valence-electron chi connectivity index (χ4n) is 4.52. The normalized spacial score (nSPS) is 26.4. The van der Waals surface area contributed by atoms with E-state index in [0.29, 0.717) is 23.4 Å².